The summed E-state index contributed by atoms with van der Waals surface area (Å²) in [5.74, 6) is -1.46. The van der Waals surface area contributed by atoms with Gasteiger partial charge in [-0.15, -0.1) is 0 Å². The van der Waals surface area contributed by atoms with Crippen molar-refractivity contribution in [2.45, 2.75) is 37.5 Å². The summed E-state index contributed by atoms with van der Waals surface area (Å²) >= 11 is 0. The fraction of sp³-hybridized carbons (Fsp3) is 0.571. The first-order chi connectivity index (χ1) is 9.79. The van der Waals surface area contributed by atoms with Crippen molar-refractivity contribution in [3.8, 4) is 0 Å². The smallest absolute Gasteiger partial charge is 0.246 e. The van der Waals surface area contributed by atoms with Gasteiger partial charge < -0.3 is 5.73 Å². The molecule has 0 atom stereocenters. The molecule has 7 heteroatoms. The lowest BCUT2D eigenvalue weighted by Crippen LogP contribution is -2.32. The zero-order valence-corrected chi connectivity index (χ0v) is 12.7. The van der Waals surface area contributed by atoms with Crippen molar-refractivity contribution < 1.29 is 17.2 Å². The molecule has 0 aliphatic heterocycles. The highest BCUT2D eigenvalue weighted by molar-refractivity contribution is 7.89. The van der Waals surface area contributed by atoms with Crippen LogP contribution in [0.2, 0.25) is 0 Å². The lowest BCUT2D eigenvalue weighted by molar-refractivity contribution is 0.290. The maximum atomic E-state index is 13.7. The van der Waals surface area contributed by atoms with Gasteiger partial charge in [-0.1, -0.05) is 19.8 Å². The Labute approximate surface area is 123 Å². The number of nitrogens with one attached hydrogen (secondary N) is 1. The third-order valence-electron chi connectivity index (χ3n) is 3.99. The van der Waals surface area contributed by atoms with Crippen LogP contribution in [0.1, 0.15) is 32.6 Å². The molecule has 0 bridgehead atoms. The zero-order valence-electron chi connectivity index (χ0n) is 11.9. The Bertz CT molecular complexity index is 588. The van der Waals surface area contributed by atoms with Gasteiger partial charge in [-0.3, -0.25) is 0 Å². The number of halogens is 2. The molecule has 1 aliphatic rings. The molecule has 1 aromatic carbocycles. The summed E-state index contributed by atoms with van der Waals surface area (Å²) in [6, 6.07) is 1.61. The van der Waals surface area contributed by atoms with E-state index < -0.39 is 26.6 Å². The number of nitrogen functional groups attached to an aromatic ring is 1. The van der Waals surface area contributed by atoms with Crippen LogP contribution >= 0.6 is 0 Å². The second-order valence-electron chi connectivity index (χ2n) is 5.79. The Kier molecular flexibility index (Phi) is 4.83. The quantitative estimate of drug-likeness (QED) is 0.838. The zero-order chi connectivity index (χ0) is 15.6. The molecular formula is C14H20F2N2O2S. The minimum Gasteiger partial charge on any atom is -0.399 e. The van der Waals surface area contributed by atoms with Crippen molar-refractivity contribution in [1.82, 2.24) is 4.72 Å². The lowest BCUT2D eigenvalue weighted by Gasteiger charge is -2.26. The van der Waals surface area contributed by atoms with Gasteiger partial charge in [-0.2, -0.15) is 0 Å². The number of hydrogen-bond donors (Lipinski definition) is 2. The van der Waals surface area contributed by atoms with Crippen LogP contribution in [-0.2, 0) is 10.0 Å². The molecule has 4 nitrogen and oxygen atoms in total. The van der Waals surface area contributed by atoms with Crippen LogP contribution in [0.15, 0.2) is 17.0 Å². The fourth-order valence-corrected chi connectivity index (χ4v) is 3.90. The molecule has 1 fully saturated rings. The van der Waals surface area contributed by atoms with Gasteiger partial charge in [0.2, 0.25) is 10.0 Å². The van der Waals surface area contributed by atoms with Gasteiger partial charge in [0.05, 0.1) is 0 Å². The molecule has 0 spiro atoms. The maximum absolute atomic E-state index is 13.7. The Hall–Kier alpha value is -1.21. The molecule has 2 rings (SSSR count). The van der Waals surface area contributed by atoms with Crippen molar-refractivity contribution in [3.05, 3.63) is 23.8 Å². The van der Waals surface area contributed by atoms with E-state index in [0.29, 0.717) is 5.92 Å². The van der Waals surface area contributed by atoms with Crippen LogP contribution in [-0.4, -0.2) is 15.0 Å². The second-order valence-corrected chi connectivity index (χ2v) is 7.50. The van der Waals surface area contributed by atoms with Crippen LogP contribution < -0.4 is 10.5 Å². The van der Waals surface area contributed by atoms with Gasteiger partial charge >= 0.3 is 0 Å². The lowest BCUT2D eigenvalue weighted by atomic mass is 9.83. The molecule has 0 unspecified atom stereocenters. The fourth-order valence-electron chi connectivity index (χ4n) is 2.67. The SMILES string of the molecule is CC1CCC(CNS(=O)(=O)c2c(F)cc(N)cc2F)CC1. The molecule has 3 N–H and O–H groups in total. The average Bonchev–Trinajstić information content (AvgIpc) is 2.36. The van der Waals surface area contributed by atoms with E-state index in [2.05, 4.69) is 11.6 Å². The number of nitrogens with two attached hydrogens (primary N) is 1. The molecule has 0 amide bonds. The third kappa shape index (κ3) is 3.91. The topological polar surface area (TPSA) is 72.2 Å². The Balaban J connectivity index is 2.09. The van der Waals surface area contributed by atoms with Gasteiger partial charge in [-0.05, 0) is 36.8 Å². The molecule has 21 heavy (non-hydrogen) atoms. The van der Waals surface area contributed by atoms with Crippen LogP contribution in [0.3, 0.4) is 0 Å². The van der Waals surface area contributed by atoms with Crippen molar-refractivity contribution in [3.63, 3.8) is 0 Å². The number of sulfonamides is 1. The van der Waals surface area contributed by atoms with Crippen LogP contribution in [0, 0.1) is 23.5 Å². The molecular weight excluding hydrogens is 298 g/mol. The largest absolute Gasteiger partial charge is 0.399 e. The van der Waals surface area contributed by atoms with Crippen molar-refractivity contribution in [2.24, 2.45) is 11.8 Å². The second kappa shape index (κ2) is 6.27. The number of hydrogen-bond acceptors (Lipinski definition) is 3. The highest BCUT2D eigenvalue weighted by Crippen LogP contribution is 2.28. The van der Waals surface area contributed by atoms with Gasteiger partial charge in [-0.25, -0.2) is 21.9 Å². The van der Waals surface area contributed by atoms with E-state index in [1.54, 1.807) is 0 Å². The van der Waals surface area contributed by atoms with E-state index in [0.717, 1.165) is 37.8 Å². The minimum atomic E-state index is -4.21. The van der Waals surface area contributed by atoms with Gasteiger partial charge in [0.15, 0.2) is 4.90 Å². The Morgan fingerprint density at radius 1 is 1.19 bits per heavy atom. The summed E-state index contributed by atoms with van der Waals surface area (Å²) in [7, 11) is -4.21. The van der Waals surface area contributed by atoms with E-state index in [1.807, 2.05) is 0 Å². The molecule has 0 heterocycles. The molecule has 1 saturated carbocycles. The number of rotatable bonds is 4. The number of anilines is 1. The first-order valence-electron chi connectivity index (χ1n) is 7.04. The van der Waals surface area contributed by atoms with Gasteiger partial charge in [0.25, 0.3) is 0 Å². The molecule has 0 aromatic heterocycles. The predicted molar refractivity (Wildman–Crippen MR) is 77.1 cm³/mol. The minimum absolute atomic E-state index is 0.148. The summed E-state index contributed by atoms with van der Waals surface area (Å²) in [5.41, 5.74) is 5.13. The molecule has 0 saturated heterocycles. The highest BCUT2D eigenvalue weighted by atomic mass is 32.2. The van der Waals surface area contributed by atoms with E-state index >= 15 is 0 Å². The summed E-state index contributed by atoms with van der Waals surface area (Å²) in [5, 5.41) is 0. The van der Waals surface area contributed by atoms with Crippen molar-refractivity contribution >= 4 is 15.7 Å². The van der Waals surface area contributed by atoms with Crippen LogP contribution in [0.5, 0.6) is 0 Å². The van der Waals surface area contributed by atoms with Crippen LogP contribution in [0.25, 0.3) is 0 Å². The normalized spacial score (nSPS) is 23.2. The standard InChI is InChI=1S/C14H20F2N2O2S/c1-9-2-4-10(5-3-9)8-18-21(19,20)14-12(15)6-11(17)7-13(14)16/h6-7,9-10,18H,2-5,8,17H2,1H3. The van der Waals surface area contributed by atoms with Crippen molar-refractivity contribution in [1.29, 1.82) is 0 Å². The van der Waals surface area contributed by atoms with Gasteiger partial charge in [0.1, 0.15) is 11.6 Å². The van der Waals surface area contributed by atoms with E-state index in [4.69, 9.17) is 5.73 Å². The third-order valence-corrected chi connectivity index (χ3v) is 5.46. The monoisotopic (exact) mass is 318 g/mol. The van der Waals surface area contributed by atoms with Crippen molar-refractivity contribution in [2.75, 3.05) is 12.3 Å². The Morgan fingerprint density at radius 3 is 2.24 bits per heavy atom. The molecule has 0 radical (unpaired) electrons. The highest BCUT2D eigenvalue weighted by Gasteiger charge is 2.26. The molecule has 1 aromatic rings. The Morgan fingerprint density at radius 2 is 1.71 bits per heavy atom. The average molecular weight is 318 g/mol. The summed E-state index contributed by atoms with van der Waals surface area (Å²) in [6.45, 7) is 2.37. The summed E-state index contributed by atoms with van der Waals surface area (Å²) in [6.07, 6.45) is 3.96. The molecule has 1 aliphatic carbocycles. The first-order valence-corrected chi connectivity index (χ1v) is 8.52. The number of benzene rings is 1. The first kappa shape index (κ1) is 16.2. The summed E-state index contributed by atoms with van der Waals surface area (Å²) < 4.78 is 53.8. The molecule has 118 valence electrons. The van der Waals surface area contributed by atoms with Crippen LogP contribution in [0.4, 0.5) is 14.5 Å². The maximum Gasteiger partial charge on any atom is 0.246 e. The van der Waals surface area contributed by atoms with E-state index in [9.17, 15) is 17.2 Å². The van der Waals surface area contributed by atoms with E-state index in [-0.39, 0.29) is 18.2 Å². The predicted octanol–water partition coefficient (Wildman–Crippen LogP) is 2.65. The van der Waals surface area contributed by atoms with Gasteiger partial charge in [0, 0.05) is 12.2 Å². The van der Waals surface area contributed by atoms with E-state index in [1.165, 1.54) is 0 Å². The summed E-state index contributed by atoms with van der Waals surface area (Å²) in [4.78, 5) is -0.958.